The Hall–Kier alpha value is -0.710. The van der Waals surface area contributed by atoms with Crippen LogP contribution >= 0.6 is 9.72 Å². The molecule has 0 fully saturated rings. The standard InChI is InChI=1S/C48H98O4S/c1-6-11-14-17-20-23-26-29-32-35-38-41-44-53(51-47(49)9-4,52-48(50)10-5,45-42-39-36-33-30-27-24-21-18-15-12-7-2)46-43-40-37-34-31-28-25-22-19-16-13-8-3/h53H,6-46H2,1-5H3. The molecule has 0 aliphatic carbocycles. The topological polar surface area (TPSA) is 52.6 Å². The van der Waals surface area contributed by atoms with Crippen LogP contribution in [0.4, 0.5) is 0 Å². The van der Waals surface area contributed by atoms with Crippen molar-refractivity contribution in [3.05, 3.63) is 0 Å². The number of hydrogen-bond donors (Lipinski definition) is 1. The molecule has 0 spiro atoms. The second-order valence-corrected chi connectivity index (χ2v) is 21.7. The van der Waals surface area contributed by atoms with Gasteiger partial charge in [-0.15, -0.1) is 0 Å². The number of carbonyl (C=O) groups is 2. The summed E-state index contributed by atoms with van der Waals surface area (Å²) in [5, 5.41) is 0. The summed E-state index contributed by atoms with van der Waals surface area (Å²) >= 11 is 0. The summed E-state index contributed by atoms with van der Waals surface area (Å²) in [5.41, 5.74) is 0. The first-order valence-electron chi connectivity index (χ1n) is 24.4. The summed E-state index contributed by atoms with van der Waals surface area (Å²) in [4.78, 5) is 26.6. The molecule has 0 aromatic carbocycles. The minimum absolute atomic E-state index is 0.164. The zero-order valence-electron chi connectivity index (χ0n) is 37.1. The number of unbranched alkanes of at least 4 members (excludes halogenated alkanes) is 33. The second kappa shape index (κ2) is 38.2. The first kappa shape index (κ1) is 52.3. The Morgan fingerprint density at radius 3 is 0.623 bits per heavy atom. The van der Waals surface area contributed by atoms with Gasteiger partial charge in [-0.25, -0.2) is 9.72 Å². The first-order valence-corrected chi connectivity index (χ1v) is 27.0. The van der Waals surface area contributed by atoms with Crippen molar-refractivity contribution in [1.82, 2.24) is 0 Å². The molecule has 0 bridgehead atoms. The molecule has 0 saturated carbocycles. The van der Waals surface area contributed by atoms with Gasteiger partial charge in [0.05, 0.1) is 0 Å². The minimum Gasteiger partial charge on any atom is -0.376 e. The van der Waals surface area contributed by atoms with Gasteiger partial charge < -0.3 is 8.37 Å². The second-order valence-electron chi connectivity index (χ2n) is 17.0. The number of hydrogen-bond acceptors (Lipinski definition) is 4. The molecule has 0 radical (unpaired) electrons. The molecule has 0 heterocycles. The quantitative estimate of drug-likeness (QED) is 0.0496. The smallest absolute Gasteiger partial charge is 0.324 e. The van der Waals surface area contributed by atoms with E-state index >= 15 is 0 Å². The predicted octanol–water partition coefficient (Wildman–Crippen LogP) is 16.9. The molecule has 0 aromatic rings. The number of thiol groups is 1. The van der Waals surface area contributed by atoms with Crippen molar-refractivity contribution in [2.24, 2.45) is 0 Å². The maximum absolute atomic E-state index is 13.3. The lowest BCUT2D eigenvalue weighted by Crippen LogP contribution is -2.38. The van der Waals surface area contributed by atoms with Crippen LogP contribution in [0, 0.1) is 0 Å². The molecule has 0 unspecified atom stereocenters. The van der Waals surface area contributed by atoms with Crippen LogP contribution in [0.5, 0.6) is 0 Å². The Morgan fingerprint density at radius 2 is 0.453 bits per heavy atom. The lowest BCUT2D eigenvalue weighted by Gasteiger charge is -2.66. The third kappa shape index (κ3) is 31.1. The van der Waals surface area contributed by atoms with Crippen LogP contribution in [0.2, 0.25) is 0 Å². The van der Waals surface area contributed by atoms with Gasteiger partial charge >= 0.3 is 11.9 Å². The van der Waals surface area contributed by atoms with Crippen molar-refractivity contribution in [3.63, 3.8) is 0 Å². The molecule has 0 N–H and O–H groups in total. The lowest BCUT2D eigenvalue weighted by molar-refractivity contribution is -0.137. The molecule has 0 amide bonds. The molecule has 0 saturated heterocycles. The predicted molar refractivity (Wildman–Crippen MR) is 240 cm³/mol. The van der Waals surface area contributed by atoms with E-state index in [0.717, 1.165) is 55.8 Å². The van der Waals surface area contributed by atoms with Crippen LogP contribution in [0.25, 0.3) is 0 Å². The van der Waals surface area contributed by atoms with Crippen molar-refractivity contribution in [3.8, 4) is 0 Å². The van der Waals surface area contributed by atoms with Crippen LogP contribution in [0.3, 0.4) is 0 Å². The van der Waals surface area contributed by atoms with Gasteiger partial charge in [-0.1, -0.05) is 247 Å². The fourth-order valence-electron chi connectivity index (χ4n) is 8.19. The van der Waals surface area contributed by atoms with Gasteiger partial charge in [-0.3, -0.25) is 9.59 Å². The molecule has 0 aromatic heterocycles. The molecule has 0 aliphatic heterocycles. The Labute approximate surface area is 334 Å². The maximum atomic E-state index is 13.3. The molecule has 5 heteroatoms. The number of rotatable bonds is 43. The van der Waals surface area contributed by atoms with Crippen LogP contribution in [0.15, 0.2) is 0 Å². The normalized spacial score (nSPS) is 12.5. The molecule has 4 nitrogen and oxygen atoms in total. The first-order chi connectivity index (χ1) is 25.9. The zero-order chi connectivity index (χ0) is 39.0. The molecule has 53 heavy (non-hydrogen) atoms. The van der Waals surface area contributed by atoms with Gasteiger partial charge in [-0.2, -0.15) is 0 Å². The lowest BCUT2D eigenvalue weighted by atomic mass is 10.1. The van der Waals surface area contributed by atoms with Gasteiger partial charge in [0, 0.05) is 30.1 Å². The van der Waals surface area contributed by atoms with E-state index in [9.17, 15) is 9.59 Å². The van der Waals surface area contributed by atoms with Crippen molar-refractivity contribution in [2.45, 2.75) is 279 Å². The Bertz CT molecular complexity index is 704. The van der Waals surface area contributed by atoms with Crippen molar-refractivity contribution in [2.75, 3.05) is 17.3 Å². The highest BCUT2D eigenvalue weighted by molar-refractivity contribution is 8.42. The molecular formula is C48H98O4S. The fourth-order valence-corrected chi connectivity index (χ4v) is 13.5. The highest BCUT2D eigenvalue weighted by Gasteiger charge is 2.40. The summed E-state index contributed by atoms with van der Waals surface area (Å²) < 4.78 is 13.4. The van der Waals surface area contributed by atoms with Crippen molar-refractivity contribution >= 4 is 21.7 Å². The van der Waals surface area contributed by atoms with Gasteiger partial charge in [-0.05, 0) is 19.3 Å². The highest BCUT2D eigenvalue weighted by atomic mass is 32.3. The zero-order valence-corrected chi connectivity index (χ0v) is 38.0. The molecular weight excluding hydrogens is 673 g/mol. The van der Waals surface area contributed by atoms with Gasteiger partial charge in [0.15, 0.2) is 0 Å². The third-order valence-corrected chi connectivity index (χ3v) is 17.0. The molecule has 0 rings (SSSR count). The monoisotopic (exact) mass is 771 g/mol. The van der Waals surface area contributed by atoms with Gasteiger partial charge in [0.1, 0.15) is 0 Å². The largest absolute Gasteiger partial charge is 0.376 e. The van der Waals surface area contributed by atoms with E-state index in [1.165, 1.54) is 193 Å². The molecule has 0 aliphatic rings. The summed E-state index contributed by atoms with van der Waals surface area (Å²) in [6.45, 7) is 10.7. The fraction of sp³-hybridized carbons (Fsp3) is 0.958. The number of carbonyl (C=O) groups excluding carboxylic acids is 2. The molecule has 320 valence electrons. The summed E-state index contributed by atoms with van der Waals surface area (Å²) in [5.74, 6) is 2.00. The van der Waals surface area contributed by atoms with E-state index in [-0.39, 0.29) is 11.9 Å². The summed E-state index contributed by atoms with van der Waals surface area (Å²) in [7, 11) is -3.52. The van der Waals surface area contributed by atoms with Crippen LogP contribution in [-0.4, -0.2) is 29.2 Å². The Morgan fingerprint density at radius 1 is 0.283 bits per heavy atom. The highest BCUT2D eigenvalue weighted by Crippen LogP contribution is 2.73. The van der Waals surface area contributed by atoms with E-state index in [0.29, 0.717) is 12.8 Å². The van der Waals surface area contributed by atoms with Crippen molar-refractivity contribution < 1.29 is 18.0 Å². The summed E-state index contributed by atoms with van der Waals surface area (Å²) in [6.07, 6.45) is 47.4. The maximum Gasteiger partial charge on any atom is 0.324 e. The van der Waals surface area contributed by atoms with Crippen LogP contribution in [0.1, 0.15) is 279 Å². The van der Waals surface area contributed by atoms with Crippen LogP contribution in [-0.2, 0) is 18.0 Å². The minimum atomic E-state index is -3.52. The van der Waals surface area contributed by atoms with E-state index in [1.54, 1.807) is 0 Å². The SMILES string of the molecule is CCCCCCCCCCCCCC[SH](CCCCCCCCCCCCCC)(CCCCCCCCCCCCCC)(OC(=O)CC)OC(=O)CC. The average Bonchev–Trinajstić information content (AvgIpc) is 3.16. The average molecular weight is 771 g/mol. The van der Waals surface area contributed by atoms with E-state index in [2.05, 4.69) is 20.8 Å². The molecule has 0 atom stereocenters. The van der Waals surface area contributed by atoms with Crippen molar-refractivity contribution in [1.29, 1.82) is 0 Å². The summed E-state index contributed by atoms with van der Waals surface area (Å²) in [6, 6.07) is 0. The Balaban J connectivity index is 5.32. The Kier molecular flexibility index (Phi) is 37.7. The third-order valence-electron chi connectivity index (χ3n) is 11.8. The van der Waals surface area contributed by atoms with E-state index in [4.69, 9.17) is 8.37 Å². The van der Waals surface area contributed by atoms with E-state index < -0.39 is 9.72 Å². The van der Waals surface area contributed by atoms with Gasteiger partial charge in [0.25, 0.3) is 0 Å². The van der Waals surface area contributed by atoms with Crippen LogP contribution < -0.4 is 0 Å². The van der Waals surface area contributed by atoms with Gasteiger partial charge in [0.2, 0.25) is 0 Å². The van der Waals surface area contributed by atoms with E-state index in [1.807, 2.05) is 13.8 Å².